The number of ether oxygens (including phenoxy) is 4. The molecule has 14 nitrogen and oxygen atoms in total. The van der Waals surface area contributed by atoms with Crippen molar-refractivity contribution in [3.8, 4) is 0 Å². The molecule has 0 aromatic rings. The molecule has 2 fully saturated rings. The SMILES string of the molecule is CCC/C=C\C/C=C\CCCCCCCC(=O)NC(COC1OC(CO)C(OC2OC(CO)C(O)C(O)C2O)C(O)C1O)C(O)/C=C/CC/C=C/CCCCC. The summed E-state index contributed by atoms with van der Waals surface area (Å²) < 4.78 is 22.5. The third-order valence-corrected chi connectivity index (χ3v) is 9.97. The molecule has 0 saturated carbocycles. The maximum atomic E-state index is 13.0. The first-order valence-corrected chi connectivity index (χ1v) is 20.9. The third kappa shape index (κ3) is 18.7. The summed E-state index contributed by atoms with van der Waals surface area (Å²) in [7, 11) is 0. The van der Waals surface area contributed by atoms with Gasteiger partial charge in [-0.25, -0.2) is 0 Å². The first-order valence-electron chi connectivity index (χ1n) is 20.9. The molecule has 2 rings (SSSR count). The fraction of sp³-hybridized carbons (Fsp3) is 0.786. The first kappa shape index (κ1) is 50.1. The van der Waals surface area contributed by atoms with E-state index in [1.807, 2.05) is 6.08 Å². The molecule has 0 aromatic heterocycles. The molecule has 14 heteroatoms. The average molecular weight is 800 g/mol. The minimum Gasteiger partial charge on any atom is -0.394 e. The molecule has 2 saturated heterocycles. The van der Waals surface area contributed by atoms with E-state index in [2.05, 4.69) is 55.6 Å². The first-order chi connectivity index (χ1) is 27.1. The van der Waals surface area contributed by atoms with Gasteiger partial charge in [-0.05, 0) is 57.8 Å². The lowest BCUT2D eigenvalue weighted by molar-refractivity contribution is -0.359. The van der Waals surface area contributed by atoms with Crippen LogP contribution in [0, 0.1) is 0 Å². The number of allylic oxidation sites excluding steroid dienone is 7. The normalized spacial score (nSPS) is 29.9. The smallest absolute Gasteiger partial charge is 0.220 e. The van der Waals surface area contributed by atoms with Gasteiger partial charge in [-0.1, -0.05) is 101 Å². The molecule has 2 heterocycles. The van der Waals surface area contributed by atoms with Crippen molar-refractivity contribution in [3.05, 3.63) is 48.6 Å². The summed E-state index contributed by atoms with van der Waals surface area (Å²) in [5.41, 5.74) is 0. The van der Waals surface area contributed by atoms with Crippen LogP contribution in [0.15, 0.2) is 48.6 Å². The standard InChI is InChI=1S/C42H73NO13/c1-3-5-7-9-11-13-14-15-16-18-20-22-24-26-34(47)43-30(31(46)25-23-21-19-17-12-10-8-6-4-2)29-53-41-39(52)37(50)40(33(28-45)55-41)56-42-38(51)36(49)35(48)32(27-44)54-42/h7,9,12-14,17,23,25,30-33,35-42,44-46,48-52H,3-6,8,10-11,15-16,18-22,24,26-29H2,1-2H3,(H,43,47)/b9-7-,14-13-,17-12+,25-23+. The van der Waals surface area contributed by atoms with E-state index in [0.29, 0.717) is 12.8 Å². The van der Waals surface area contributed by atoms with Crippen LogP contribution in [0.4, 0.5) is 0 Å². The highest BCUT2D eigenvalue weighted by atomic mass is 16.7. The van der Waals surface area contributed by atoms with Crippen molar-refractivity contribution in [2.24, 2.45) is 0 Å². The number of carbonyl (C=O) groups is 1. The van der Waals surface area contributed by atoms with E-state index in [4.69, 9.17) is 18.9 Å². The van der Waals surface area contributed by atoms with Gasteiger partial charge in [0.1, 0.15) is 48.8 Å². The summed E-state index contributed by atoms with van der Waals surface area (Å²) in [5, 5.41) is 86.1. The minimum absolute atomic E-state index is 0.255. The van der Waals surface area contributed by atoms with Gasteiger partial charge in [0.2, 0.25) is 5.91 Å². The fourth-order valence-electron chi connectivity index (χ4n) is 6.46. The maximum Gasteiger partial charge on any atom is 0.220 e. The second-order valence-electron chi connectivity index (χ2n) is 14.7. The lowest BCUT2D eigenvalue weighted by Gasteiger charge is -2.46. The van der Waals surface area contributed by atoms with Crippen LogP contribution in [0.25, 0.3) is 0 Å². The molecule has 56 heavy (non-hydrogen) atoms. The predicted octanol–water partition coefficient (Wildman–Crippen LogP) is 2.98. The second-order valence-corrected chi connectivity index (χ2v) is 14.7. The number of aliphatic hydroxyl groups excluding tert-OH is 8. The quantitative estimate of drug-likeness (QED) is 0.0392. The van der Waals surface area contributed by atoms with Crippen LogP contribution in [0.3, 0.4) is 0 Å². The highest BCUT2D eigenvalue weighted by Gasteiger charge is 2.50. The lowest BCUT2D eigenvalue weighted by atomic mass is 9.97. The molecule has 2 aliphatic rings. The molecule has 324 valence electrons. The number of hydrogen-bond donors (Lipinski definition) is 9. The Kier molecular flexibility index (Phi) is 26.9. The predicted molar refractivity (Wildman–Crippen MR) is 212 cm³/mol. The summed E-state index contributed by atoms with van der Waals surface area (Å²) in [5.74, 6) is -0.272. The third-order valence-electron chi connectivity index (χ3n) is 9.97. The topological polar surface area (TPSA) is 228 Å². The monoisotopic (exact) mass is 800 g/mol. The molecule has 0 radical (unpaired) electrons. The summed E-state index contributed by atoms with van der Waals surface area (Å²) in [6, 6.07) is -0.935. The van der Waals surface area contributed by atoms with Crippen LogP contribution in [-0.4, -0.2) is 140 Å². The minimum atomic E-state index is -1.79. The van der Waals surface area contributed by atoms with E-state index < -0.39 is 86.8 Å². The Hall–Kier alpha value is -2.05. The van der Waals surface area contributed by atoms with Gasteiger partial charge in [0.15, 0.2) is 12.6 Å². The van der Waals surface area contributed by atoms with Crippen LogP contribution in [0.2, 0.25) is 0 Å². The van der Waals surface area contributed by atoms with E-state index in [0.717, 1.165) is 70.6 Å². The van der Waals surface area contributed by atoms with Crippen molar-refractivity contribution < 1.29 is 64.6 Å². The van der Waals surface area contributed by atoms with Crippen LogP contribution >= 0.6 is 0 Å². The number of unbranched alkanes of at least 4 members (excludes halogenated alkanes) is 10. The Morgan fingerprint density at radius 2 is 1.23 bits per heavy atom. The Labute approximate surface area is 333 Å². The molecule has 12 unspecified atom stereocenters. The zero-order valence-corrected chi connectivity index (χ0v) is 33.6. The Balaban J connectivity index is 1.95. The van der Waals surface area contributed by atoms with Crippen LogP contribution < -0.4 is 5.32 Å². The van der Waals surface area contributed by atoms with Gasteiger partial charge in [-0.2, -0.15) is 0 Å². The van der Waals surface area contributed by atoms with Crippen molar-refractivity contribution in [3.63, 3.8) is 0 Å². The molecule has 0 bridgehead atoms. The van der Waals surface area contributed by atoms with Gasteiger partial charge in [0.05, 0.1) is 32.0 Å². The number of aliphatic hydroxyl groups is 8. The van der Waals surface area contributed by atoms with Crippen molar-refractivity contribution in [2.45, 2.75) is 190 Å². The van der Waals surface area contributed by atoms with Gasteiger partial charge in [-0.3, -0.25) is 4.79 Å². The van der Waals surface area contributed by atoms with Crippen molar-refractivity contribution in [1.82, 2.24) is 5.32 Å². The highest BCUT2D eigenvalue weighted by Crippen LogP contribution is 2.29. The molecule has 0 aliphatic carbocycles. The average Bonchev–Trinajstić information content (AvgIpc) is 3.19. The Morgan fingerprint density at radius 3 is 1.93 bits per heavy atom. The molecular weight excluding hydrogens is 726 g/mol. The van der Waals surface area contributed by atoms with Crippen LogP contribution in [0.5, 0.6) is 0 Å². The van der Waals surface area contributed by atoms with Crippen molar-refractivity contribution in [1.29, 1.82) is 0 Å². The van der Waals surface area contributed by atoms with E-state index in [1.54, 1.807) is 6.08 Å². The maximum absolute atomic E-state index is 13.0. The largest absolute Gasteiger partial charge is 0.394 e. The summed E-state index contributed by atoms with van der Waals surface area (Å²) in [4.78, 5) is 13.0. The molecule has 12 atom stereocenters. The van der Waals surface area contributed by atoms with Crippen LogP contribution in [0.1, 0.15) is 117 Å². The van der Waals surface area contributed by atoms with E-state index in [9.17, 15) is 45.6 Å². The zero-order valence-electron chi connectivity index (χ0n) is 33.6. The summed E-state index contributed by atoms with van der Waals surface area (Å²) in [6.45, 7) is 2.58. The zero-order chi connectivity index (χ0) is 41.1. The number of nitrogens with one attached hydrogen (secondary N) is 1. The van der Waals surface area contributed by atoms with E-state index in [-0.39, 0.29) is 18.9 Å². The van der Waals surface area contributed by atoms with Crippen molar-refractivity contribution >= 4 is 5.91 Å². The van der Waals surface area contributed by atoms with Crippen molar-refractivity contribution in [2.75, 3.05) is 19.8 Å². The second kappa shape index (κ2) is 30.1. The van der Waals surface area contributed by atoms with Gasteiger partial charge >= 0.3 is 0 Å². The Morgan fingerprint density at radius 1 is 0.643 bits per heavy atom. The molecule has 9 N–H and O–H groups in total. The summed E-state index contributed by atoms with van der Waals surface area (Å²) in [6.07, 6.45) is 14.7. The van der Waals surface area contributed by atoms with Gasteiger partial charge in [0.25, 0.3) is 0 Å². The van der Waals surface area contributed by atoms with Gasteiger partial charge in [-0.15, -0.1) is 0 Å². The van der Waals surface area contributed by atoms with Crippen LogP contribution in [-0.2, 0) is 23.7 Å². The fourth-order valence-corrected chi connectivity index (χ4v) is 6.46. The highest BCUT2D eigenvalue weighted by molar-refractivity contribution is 5.76. The lowest BCUT2D eigenvalue weighted by Crippen LogP contribution is -2.65. The number of rotatable bonds is 29. The molecule has 0 spiro atoms. The van der Waals surface area contributed by atoms with E-state index in [1.165, 1.54) is 12.8 Å². The molecule has 2 aliphatic heterocycles. The number of hydrogen-bond acceptors (Lipinski definition) is 13. The van der Waals surface area contributed by atoms with Gasteiger partial charge in [0, 0.05) is 6.42 Å². The summed E-state index contributed by atoms with van der Waals surface area (Å²) >= 11 is 0. The van der Waals surface area contributed by atoms with Gasteiger partial charge < -0.3 is 65.1 Å². The molecular formula is C42H73NO13. The Bertz CT molecular complexity index is 1130. The molecule has 1 amide bonds. The number of amides is 1. The number of carbonyl (C=O) groups excluding carboxylic acids is 1. The molecule has 0 aromatic carbocycles. The van der Waals surface area contributed by atoms with E-state index >= 15 is 0 Å².